The van der Waals surface area contributed by atoms with Crippen LogP contribution in [0.4, 0.5) is 5.69 Å². The van der Waals surface area contributed by atoms with E-state index < -0.39 is 0 Å². The number of nitrogen functional groups attached to an aromatic ring is 1. The summed E-state index contributed by atoms with van der Waals surface area (Å²) in [6, 6.07) is 11.2. The first-order valence-electron chi connectivity index (χ1n) is 6.77. The van der Waals surface area contributed by atoms with E-state index in [1.807, 2.05) is 32.9 Å². The van der Waals surface area contributed by atoms with Crippen molar-refractivity contribution in [3.8, 4) is 23.3 Å². The molecule has 21 heavy (non-hydrogen) atoms. The Balaban J connectivity index is 2.39. The highest BCUT2D eigenvalue weighted by atomic mass is 16.5. The number of benzene rings is 2. The average molecular weight is 282 g/mol. The number of ether oxygens (including phenoxy) is 2. The molecule has 2 N–H and O–H groups in total. The van der Waals surface area contributed by atoms with Gasteiger partial charge in [0.25, 0.3) is 0 Å². The highest BCUT2D eigenvalue weighted by Gasteiger charge is 2.12. The van der Waals surface area contributed by atoms with Crippen molar-refractivity contribution in [1.29, 1.82) is 5.26 Å². The van der Waals surface area contributed by atoms with Crippen LogP contribution in [0.15, 0.2) is 30.3 Å². The van der Waals surface area contributed by atoms with Gasteiger partial charge in [-0.1, -0.05) is 6.07 Å². The molecule has 0 radical (unpaired) electrons. The van der Waals surface area contributed by atoms with Gasteiger partial charge in [-0.3, -0.25) is 0 Å². The van der Waals surface area contributed by atoms with E-state index in [9.17, 15) is 0 Å². The van der Waals surface area contributed by atoms with Gasteiger partial charge in [0.1, 0.15) is 17.2 Å². The van der Waals surface area contributed by atoms with Gasteiger partial charge in [0, 0.05) is 0 Å². The van der Waals surface area contributed by atoms with Gasteiger partial charge >= 0.3 is 0 Å². The van der Waals surface area contributed by atoms with Crippen LogP contribution in [0.1, 0.15) is 23.6 Å². The molecule has 0 aromatic heterocycles. The number of hydrogen-bond donors (Lipinski definition) is 1. The number of nitrogens with zero attached hydrogens (tertiary/aromatic N) is 1. The molecule has 0 atom stereocenters. The molecule has 2 aromatic carbocycles. The Kier molecular flexibility index (Phi) is 4.34. The highest BCUT2D eigenvalue weighted by molar-refractivity contribution is 5.64. The lowest BCUT2D eigenvalue weighted by Crippen LogP contribution is -2.00. The standard InChI is InChI=1S/C17H18N2O2/c1-4-20-14-6-5-7-15(16(14)19)21-17-11(2)8-13(10-18)9-12(17)3/h5-9H,4,19H2,1-3H3. The van der Waals surface area contributed by atoms with Gasteiger partial charge in [-0.2, -0.15) is 5.26 Å². The molecule has 0 bridgehead atoms. The summed E-state index contributed by atoms with van der Waals surface area (Å²) in [5, 5.41) is 8.98. The Morgan fingerprint density at radius 1 is 1.14 bits per heavy atom. The molecule has 4 heteroatoms. The molecule has 4 nitrogen and oxygen atoms in total. The second kappa shape index (κ2) is 6.19. The molecular formula is C17H18N2O2. The van der Waals surface area contributed by atoms with E-state index in [1.165, 1.54) is 0 Å². The molecular weight excluding hydrogens is 264 g/mol. The van der Waals surface area contributed by atoms with Crippen LogP contribution >= 0.6 is 0 Å². The number of nitriles is 1. The van der Waals surface area contributed by atoms with Crippen molar-refractivity contribution in [1.82, 2.24) is 0 Å². The van der Waals surface area contributed by atoms with Gasteiger partial charge in [-0.15, -0.1) is 0 Å². The summed E-state index contributed by atoms with van der Waals surface area (Å²) >= 11 is 0. The second-order valence-corrected chi connectivity index (χ2v) is 4.75. The Morgan fingerprint density at radius 2 is 1.76 bits per heavy atom. The molecule has 0 fully saturated rings. The first kappa shape index (κ1) is 14.7. The highest BCUT2D eigenvalue weighted by Crippen LogP contribution is 2.37. The third kappa shape index (κ3) is 3.09. The lowest BCUT2D eigenvalue weighted by atomic mass is 10.1. The van der Waals surface area contributed by atoms with Crippen molar-refractivity contribution in [3.05, 3.63) is 47.0 Å². The van der Waals surface area contributed by atoms with E-state index in [0.717, 1.165) is 11.1 Å². The third-order valence-electron chi connectivity index (χ3n) is 3.13. The zero-order chi connectivity index (χ0) is 15.4. The van der Waals surface area contributed by atoms with Crippen LogP contribution in [-0.2, 0) is 0 Å². The molecule has 0 aliphatic heterocycles. The zero-order valence-electron chi connectivity index (χ0n) is 12.4. The predicted molar refractivity (Wildman–Crippen MR) is 82.7 cm³/mol. The molecule has 0 heterocycles. The fourth-order valence-corrected chi connectivity index (χ4v) is 2.18. The van der Waals surface area contributed by atoms with E-state index >= 15 is 0 Å². The van der Waals surface area contributed by atoms with Crippen LogP contribution in [-0.4, -0.2) is 6.61 Å². The number of nitrogens with two attached hydrogens (primary N) is 1. The summed E-state index contributed by atoms with van der Waals surface area (Å²) in [4.78, 5) is 0. The number of rotatable bonds is 4. The number of anilines is 1. The van der Waals surface area contributed by atoms with Crippen LogP contribution in [0.2, 0.25) is 0 Å². The van der Waals surface area contributed by atoms with Crippen molar-refractivity contribution in [3.63, 3.8) is 0 Å². The van der Waals surface area contributed by atoms with Crippen molar-refractivity contribution in [2.75, 3.05) is 12.3 Å². The molecule has 0 amide bonds. The monoisotopic (exact) mass is 282 g/mol. The summed E-state index contributed by atoms with van der Waals surface area (Å²) in [5.74, 6) is 1.88. The summed E-state index contributed by atoms with van der Waals surface area (Å²) in [5.41, 5.74) is 8.96. The van der Waals surface area contributed by atoms with E-state index in [2.05, 4.69) is 6.07 Å². The Hall–Kier alpha value is -2.67. The minimum Gasteiger partial charge on any atom is -0.492 e. The first-order valence-corrected chi connectivity index (χ1v) is 6.77. The van der Waals surface area contributed by atoms with E-state index in [1.54, 1.807) is 18.2 Å². The number of hydrogen-bond acceptors (Lipinski definition) is 4. The maximum absolute atomic E-state index is 8.98. The van der Waals surface area contributed by atoms with Crippen LogP contribution in [0, 0.1) is 25.2 Å². The molecule has 0 saturated heterocycles. The Morgan fingerprint density at radius 3 is 2.33 bits per heavy atom. The van der Waals surface area contributed by atoms with Gasteiger partial charge in [0.2, 0.25) is 0 Å². The smallest absolute Gasteiger partial charge is 0.154 e. The Bertz CT molecular complexity index is 679. The topological polar surface area (TPSA) is 68.3 Å². The maximum Gasteiger partial charge on any atom is 0.154 e. The van der Waals surface area contributed by atoms with E-state index in [-0.39, 0.29) is 0 Å². The lowest BCUT2D eigenvalue weighted by Gasteiger charge is -2.15. The number of para-hydroxylation sites is 1. The largest absolute Gasteiger partial charge is 0.492 e. The predicted octanol–water partition coefficient (Wildman–Crippen LogP) is 3.95. The maximum atomic E-state index is 8.98. The molecule has 0 aliphatic carbocycles. The molecule has 2 rings (SSSR count). The normalized spacial score (nSPS) is 10.0. The van der Waals surface area contributed by atoms with Crippen LogP contribution < -0.4 is 15.2 Å². The van der Waals surface area contributed by atoms with Crippen molar-refractivity contribution >= 4 is 5.69 Å². The van der Waals surface area contributed by atoms with Crippen LogP contribution in [0.5, 0.6) is 17.2 Å². The van der Waals surface area contributed by atoms with Crippen LogP contribution in [0.3, 0.4) is 0 Å². The molecule has 2 aromatic rings. The second-order valence-electron chi connectivity index (χ2n) is 4.75. The summed E-state index contributed by atoms with van der Waals surface area (Å²) in [6.45, 7) is 6.27. The quantitative estimate of drug-likeness (QED) is 0.862. The fraction of sp³-hybridized carbons (Fsp3) is 0.235. The van der Waals surface area contributed by atoms with Gasteiger partial charge in [-0.25, -0.2) is 0 Å². The molecule has 0 saturated carbocycles. The van der Waals surface area contributed by atoms with E-state index in [0.29, 0.717) is 35.1 Å². The van der Waals surface area contributed by atoms with Gasteiger partial charge in [-0.05, 0) is 56.2 Å². The average Bonchev–Trinajstić information content (AvgIpc) is 2.46. The zero-order valence-corrected chi connectivity index (χ0v) is 12.4. The first-order chi connectivity index (χ1) is 10.1. The van der Waals surface area contributed by atoms with Gasteiger partial charge < -0.3 is 15.2 Å². The Labute approximate surface area is 124 Å². The van der Waals surface area contributed by atoms with Crippen molar-refractivity contribution in [2.45, 2.75) is 20.8 Å². The minimum absolute atomic E-state index is 0.475. The fourth-order valence-electron chi connectivity index (χ4n) is 2.18. The van der Waals surface area contributed by atoms with Gasteiger partial charge in [0.15, 0.2) is 5.75 Å². The van der Waals surface area contributed by atoms with Gasteiger partial charge in [0.05, 0.1) is 18.2 Å². The minimum atomic E-state index is 0.475. The third-order valence-corrected chi connectivity index (χ3v) is 3.13. The SMILES string of the molecule is CCOc1cccc(Oc2c(C)cc(C#N)cc2C)c1N. The van der Waals surface area contributed by atoms with Crippen molar-refractivity contribution < 1.29 is 9.47 Å². The lowest BCUT2D eigenvalue weighted by molar-refractivity contribution is 0.340. The van der Waals surface area contributed by atoms with E-state index in [4.69, 9.17) is 20.5 Å². The molecule has 108 valence electrons. The van der Waals surface area contributed by atoms with Crippen molar-refractivity contribution in [2.24, 2.45) is 0 Å². The molecule has 0 unspecified atom stereocenters. The van der Waals surface area contributed by atoms with Crippen LogP contribution in [0.25, 0.3) is 0 Å². The summed E-state index contributed by atoms with van der Waals surface area (Å²) in [6.07, 6.45) is 0. The molecule has 0 aliphatic rings. The summed E-state index contributed by atoms with van der Waals surface area (Å²) in [7, 11) is 0. The number of aryl methyl sites for hydroxylation is 2. The summed E-state index contributed by atoms with van der Waals surface area (Å²) < 4.78 is 11.4. The molecule has 0 spiro atoms.